The van der Waals surface area contributed by atoms with Crippen LogP contribution in [0.15, 0.2) is 77.6 Å². The van der Waals surface area contributed by atoms with Crippen molar-refractivity contribution >= 4 is 44.2 Å². The third kappa shape index (κ3) is 2.67. The minimum atomic E-state index is -0.0105. The molecule has 31 heavy (non-hydrogen) atoms. The average molecular weight is 422 g/mol. The van der Waals surface area contributed by atoms with E-state index in [1.54, 1.807) is 4.40 Å². The molecular formula is C26H19N3OS. The van der Waals surface area contributed by atoms with Crippen LogP contribution in [0.5, 0.6) is 0 Å². The highest BCUT2D eigenvalue weighted by Gasteiger charge is 2.14. The lowest BCUT2D eigenvalue weighted by molar-refractivity contribution is 0.973. The van der Waals surface area contributed by atoms with Gasteiger partial charge in [-0.15, -0.1) is 0 Å². The highest BCUT2D eigenvalue weighted by Crippen LogP contribution is 2.27. The van der Waals surface area contributed by atoms with E-state index < -0.39 is 0 Å². The van der Waals surface area contributed by atoms with Gasteiger partial charge in [0.15, 0.2) is 4.96 Å². The van der Waals surface area contributed by atoms with Crippen LogP contribution < -0.4 is 10.1 Å². The van der Waals surface area contributed by atoms with Gasteiger partial charge in [0.1, 0.15) is 0 Å². The van der Waals surface area contributed by atoms with Crippen LogP contribution in [0.1, 0.15) is 17.0 Å². The normalized spacial score (nSPS) is 12.5. The molecule has 5 heteroatoms. The van der Waals surface area contributed by atoms with E-state index in [2.05, 4.69) is 71.9 Å². The third-order valence-corrected chi connectivity index (χ3v) is 6.88. The molecular weight excluding hydrogens is 402 g/mol. The zero-order valence-corrected chi connectivity index (χ0v) is 18.0. The lowest BCUT2D eigenvalue weighted by atomic mass is 10.1. The van der Waals surface area contributed by atoms with E-state index in [4.69, 9.17) is 0 Å². The molecule has 0 radical (unpaired) electrons. The number of nitrogens with zero attached hydrogens (tertiary/aromatic N) is 3. The second-order valence-electron chi connectivity index (χ2n) is 7.79. The van der Waals surface area contributed by atoms with Crippen molar-refractivity contribution < 1.29 is 0 Å². The van der Waals surface area contributed by atoms with E-state index in [-0.39, 0.29) is 5.56 Å². The zero-order chi connectivity index (χ0) is 21.1. The number of benzene rings is 3. The van der Waals surface area contributed by atoms with Crippen molar-refractivity contribution in [3.05, 3.63) is 105 Å². The molecule has 0 fully saturated rings. The molecule has 0 amide bonds. The van der Waals surface area contributed by atoms with Crippen molar-refractivity contribution in [2.24, 2.45) is 0 Å². The molecule has 0 aliphatic heterocycles. The van der Waals surface area contributed by atoms with E-state index in [0.29, 0.717) is 4.53 Å². The molecule has 150 valence electrons. The number of hydrogen-bond acceptors (Lipinski definition) is 3. The number of thiazole rings is 1. The molecule has 3 aromatic carbocycles. The molecule has 0 N–H and O–H groups in total. The van der Waals surface area contributed by atoms with Crippen LogP contribution in [0.3, 0.4) is 0 Å². The Bertz CT molecular complexity index is 1730. The van der Waals surface area contributed by atoms with Crippen molar-refractivity contribution in [1.29, 1.82) is 0 Å². The number of rotatable bonds is 2. The van der Waals surface area contributed by atoms with Crippen LogP contribution in [0, 0.1) is 13.8 Å². The first-order valence-corrected chi connectivity index (χ1v) is 11.0. The molecule has 0 saturated carbocycles. The van der Waals surface area contributed by atoms with Gasteiger partial charge in [-0.1, -0.05) is 59.9 Å². The van der Waals surface area contributed by atoms with Gasteiger partial charge in [-0.25, -0.2) is 9.38 Å². The lowest BCUT2D eigenvalue weighted by Gasteiger charge is -2.13. The minimum Gasteiger partial charge on any atom is -0.317 e. The summed E-state index contributed by atoms with van der Waals surface area (Å²) in [6.45, 7) is 4.22. The van der Waals surface area contributed by atoms with Crippen molar-refractivity contribution in [3.63, 3.8) is 0 Å². The van der Waals surface area contributed by atoms with Gasteiger partial charge in [-0.2, -0.15) is 0 Å². The Labute approximate surface area is 182 Å². The monoisotopic (exact) mass is 421 g/mol. The maximum atomic E-state index is 13.2. The average Bonchev–Trinajstić information content (AvgIpc) is 3.38. The predicted molar refractivity (Wildman–Crippen MR) is 128 cm³/mol. The van der Waals surface area contributed by atoms with Gasteiger partial charge in [0.05, 0.1) is 21.3 Å². The molecule has 6 rings (SSSR count). The summed E-state index contributed by atoms with van der Waals surface area (Å²) in [5, 5.41) is 2.43. The number of para-hydroxylation sites is 2. The fourth-order valence-electron chi connectivity index (χ4n) is 4.46. The third-order valence-electron chi connectivity index (χ3n) is 5.91. The second kappa shape index (κ2) is 6.65. The Morgan fingerprint density at radius 1 is 0.935 bits per heavy atom. The quantitative estimate of drug-likeness (QED) is 0.394. The summed E-state index contributed by atoms with van der Waals surface area (Å²) >= 11 is 1.44. The number of aryl methyl sites for hydroxylation is 1. The molecule has 0 aliphatic carbocycles. The Balaban J connectivity index is 1.57. The summed E-state index contributed by atoms with van der Waals surface area (Å²) < 4.78 is 4.69. The smallest absolute Gasteiger partial charge is 0.274 e. The van der Waals surface area contributed by atoms with Crippen LogP contribution in [0.2, 0.25) is 0 Å². The van der Waals surface area contributed by atoms with Gasteiger partial charge < -0.3 is 4.57 Å². The van der Waals surface area contributed by atoms with Gasteiger partial charge in [0.25, 0.3) is 5.56 Å². The SMILES string of the molecule is Cc1cc(/C=c2\sc3nc4ccccc4n3c2=O)c(C)n1-c1cccc2ccccc12. The summed E-state index contributed by atoms with van der Waals surface area (Å²) in [7, 11) is 0. The topological polar surface area (TPSA) is 39.3 Å². The van der Waals surface area contributed by atoms with Crippen LogP contribution in [0.4, 0.5) is 0 Å². The first-order valence-electron chi connectivity index (χ1n) is 10.2. The number of hydrogen-bond donors (Lipinski definition) is 0. The number of aromatic nitrogens is 3. The molecule has 3 aromatic heterocycles. The van der Waals surface area contributed by atoms with Gasteiger partial charge in [-0.3, -0.25) is 4.79 Å². The van der Waals surface area contributed by atoms with Gasteiger partial charge in [-0.05, 0) is 55.1 Å². The maximum absolute atomic E-state index is 13.2. The van der Waals surface area contributed by atoms with E-state index in [0.717, 1.165) is 38.6 Å². The molecule has 4 nitrogen and oxygen atoms in total. The zero-order valence-electron chi connectivity index (χ0n) is 17.2. The summed E-state index contributed by atoms with van der Waals surface area (Å²) in [4.78, 5) is 18.5. The van der Waals surface area contributed by atoms with Crippen molar-refractivity contribution in [2.45, 2.75) is 13.8 Å². The first kappa shape index (κ1) is 18.1. The molecule has 0 bridgehead atoms. The standard InChI is InChI=1S/C26H19N3OS/c1-16-14-19(17(2)28(16)22-13-7-9-18-8-3-4-10-20(18)22)15-24-25(30)29-23-12-6-5-11-21(23)27-26(29)31-24/h3-15H,1-2H3/b24-15-. The van der Waals surface area contributed by atoms with E-state index in [1.165, 1.54) is 22.1 Å². The van der Waals surface area contributed by atoms with Gasteiger partial charge >= 0.3 is 0 Å². The Morgan fingerprint density at radius 3 is 2.61 bits per heavy atom. The Hall–Kier alpha value is -3.70. The molecule has 0 saturated heterocycles. The van der Waals surface area contributed by atoms with Crippen molar-refractivity contribution in [2.75, 3.05) is 0 Å². The molecule has 0 aliphatic rings. The van der Waals surface area contributed by atoms with Crippen LogP contribution >= 0.6 is 11.3 Å². The van der Waals surface area contributed by atoms with Crippen LogP contribution in [-0.2, 0) is 0 Å². The summed E-state index contributed by atoms with van der Waals surface area (Å²) in [5.74, 6) is 0. The van der Waals surface area contributed by atoms with E-state index in [9.17, 15) is 4.79 Å². The second-order valence-corrected chi connectivity index (χ2v) is 8.80. The Morgan fingerprint density at radius 2 is 1.71 bits per heavy atom. The summed E-state index contributed by atoms with van der Waals surface area (Å²) in [6, 6.07) is 24.7. The van der Waals surface area contributed by atoms with Gasteiger partial charge in [0.2, 0.25) is 0 Å². The predicted octanol–water partition coefficient (Wildman–Crippen LogP) is 5.02. The highest BCUT2D eigenvalue weighted by molar-refractivity contribution is 7.15. The number of fused-ring (bicyclic) bond motifs is 4. The lowest BCUT2D eigenvalue weighted by Crippen LogP contribution is -2.22. The first-order chi connectivity index (χ1) is 15.1. The largest absolute Gasteiger partial charge is 0.317 e. The van der Waals surface area contributed by atoms with Crippen LogP contribution in [-0.4, -0.2) is 14.0 Å². The molecule has 0 spiro atoms. The molecule has 0 unspecified atom stereocenters. The van der Waals surface area contributed by atoms with Crippen molar-refractivity contribution in [3.8, 4) is 5.69 Å². The fraction of sp³-hybridized carbons (Fsp3) is 0.0769. The number of imidazole rings is 1. The van der Waals surface area contributed by atoms with E-state index >= 15 is 0 Å². The van der Waals surface area contributed by atoms with Crippen molar-refractivity contribution in [1.82, 2.24) is 14.0 Å². The van der Waals surface area contributed by atoms with E-state index in [1.807, 2.05) is 30.3 Å². The molecule has 0 atom stereocenters. The fourth-order valence-corrected chi connectivity index (χ4v) is 5.44. The summed E-state index contributed by atoms with van der Waals surface area (Å²) in [5.41, 5.74) is 6.16. The Kier molecular flexibility index (Phi) is 3.88. The highest BCUT2D eigenvalue weighted by atomic mass is 32.1. The maximum Gasteiger partial charge on any atom is 0.274 e. The molecule has 6 aromatic rings. The van der Waals surface area contributed by atoms with Crippen LogP contribution in [0.25, 0.3) is 38.5 Å². The minimum absolute atomic E-state index is 0.0105. The van der Waals surface area contributed by atoms with Gasteiger partial charge in [0, 0.05) is 16.8 Å². The molecule has 3 heterocycles. The summed E-state index contributed by atoms with van der Waals surface area (Å²) in [6.07, 6.45) is 2.00.